The maximum absolute atomic E-state index is 13.3. The van der Waals surface area contributed by atoms with Crippen molar-refractivity contribution in [2.45, 2.75) is 0 Å². The molecule has 6 rings (SSSR count). The van der Waals surface area contributed by atoms with Gasteiger partial charge in [-0.2, -0.15) is 0 Å². The van der Waals surface area contributed by atoms with Crippen LogP contribution in [0, 0.1) is 0 Å². The van der Waals surface area contributed by atoms with Crippen LogP contribution in [0.1, 0.15) is 57.6 Å². The SMILES string of the molecule is CN(C)c1ccc(NC(=O)c2cc(NC(=O)c3ccc(C(=O)c4ccc(C(=O)Nc5cc(C(=O)Nc6ccc(N(C)C)cc6)n(C)c5)cc4)cc3)cn2C)cc1. The molecule has 2 aromatic heterocycles. The molecule has 4 N–H and O–H groups in total. The van der Waals surface area contributed by atoms with Gasteiger partial charge in [0.2, 0.25) is 0 Å². The Labute approximate surface area is 324 Å². The van der Waals surface area contributed by atoms with Crippen LogP contribution in [0.15, 0.2) is 122 Å². The van der Waals surface area contributed by atoms with Crippen molar-refractivity contribution < 1.29 is 24.0 Å². The summed E-state index contributed by atoms with van der Waals surface area (Å²) in [6.45, 7) is 0. The van der Waals surface area contributed by atoms with E-state index in [-0.39, 0.29) is 17.6 Å². The van der Waals surface area contributed by atoms with Crippen LogP contribution in [0.4, 0.5) is 34.1 Å². The molecular weight excluding hydrogens is 709 g/mol. The molecule has 0 aliphatic rings. The Bertz CT molecular complexity index is 2240. The third kappa shape index (κ3) is 8.85. The molecule has 4 aromatic carbocycles. The van der Waals surface area contributed by atoms with E-state index in [0.717, 1.165) is 11.4 Å². The van der Waals surface area contributed by atoms with E-state index in [9.17, 15) is 24.0 Å². The molecule has 13 nitrogen and oxygen atoms in total. The first-order chi connectivity index (χ1) is 26.7. The quantitative estimate of drug-likeness (QED) is 0.101. The van der Waals surface area contributed by atoms with Crippen molar-refractivity contribution in [2.24, 2.45) is 14.1 Å². The fourth-order valence-corrected chi connectivity index (χ4v) is 5.91. The molecule has 0 spiro atoms. The first-order valence-corrected chi connectivity index (χ1v) is 17.6. The van der Waals surface area contributed by atoms with Crippen molar-refractivity contribution in [2.75, 3.05) is 59.3 Å². The first-order valence-electron chi connectivity index (χ1n) is 17.6. The number of benzene rings is 4. The topological polar surface area (TPSA) is 150 Å². The number of nitrogens with zero attached hydrogens (tertiary/aromatic N) is 4. The molecule has 4 amide bonds. The number of aromatic nitrogens is 2. The largest absolute Gasteiger partial charge is 0.378 e. The Balaban J connectivity index is 1.02. The Kier molecular flexibility index (Phi) is 11.2. The van der Waals surface area contributed by atoms with Crippen LogP contribution in [-0.4, -0.2) is 66.7 Å². The second-order valence-corrected chi connectivity index (χ2v) is 13.6. The van der Waals surface area contributed by atoms with Crippen molar-refractivity contribution in [1.29, 1.82) is 0 Å². The van der Waals surface area contributed by atoms with E-state index in [2.05, 4.69) is 21.3 Å². The van der Waals surface area contributed by atoms with Gasteiger partial charge in [-0.25, -0.2) is 0 Å². The van der Waals surface area contributed by atoms with E-state index >= 15 is 0 Å². The number of carbonyl (C=O) groups is 5. The molecule has 13 heteroatoms. The molecule has 0 saturated heterocycles. The molecule has 6 aromatic rings. The number of rotatable bonds is 12. The third-order valence-electron chi connectivity index (χ3n) is 9.09. The maximum Gasteiger partial charge on any atom is 0.272 e. The molecule has 284 valence electrons. The molecule has 0 saturated carbocycles. The van der Waals surface area contributed by atoms with E-state index in [1.807, 2.05) is 86.5 Å². The minimum Gasteiger partial charge on any atom is -0.378 e. The van der Waals surface area contributed by atoms with E-state index in [0.29, 0.717) is 56.4 Å². The molecule has 2 heterocycles. The van der Waals surface area contributed by atoms with Crippen LogP contribution >= 0.6 is 0 Å². The van der Waals surface area contributed by atoms with Gasteiger partial charge in [0.1, 0.15) is 11.4 Å². The van der Waals surface area contributed by atoms with Crippen molar-refractivity contribution in [3.8, 4) is 0 Å². The number of anilines is 6. The lowest BCUT2D eigenvalue weighted by atomic mass is 10.0. The fraction of sp³-hybridized carbons (Fsp3) is 0.140. The van der Waals surface area contributed by atoms with E-state index < -0.39 is 11.8 Å². The van der Waals surface area contributed by atoms with E-state index in [4.69, 9.17) is 0 Å². The van der Waals surface area contributed by atoms with Gasteiger partial charge in [-0.3, -0.25) is 24.0 Å². The summed E-state index contributed by atoms with van der Waals surface area (Å²) in [5.41, 5.74) is 6.27. The highest BCUT2D eigenvalue weighted by molar-refractivity contribution is 6.12. The van der Waals surface area contributed by atoms with Gasteiger partial charge in [0.15, 0.2) is 5.78 Å². The number of hydrogen-bond acceptors (Lipinski definition) is 7. The zero-order chi connectivity index (χ0) is 40.1. The van der Waals surface area contributed by atoms with Gasteiger partial charge in [-0.1, -0.05) is 24.3 Å². The second-order valence-electron chi connectivity index (χ2n) is 13.6. The standard InChI is InChI=1S/C43H42N8O5/c1-48(2)35-19-15-31(16-20-35)44-42(55)37-23-33(25-50(37)5)46-40(53)29-11-7-27(8-12-29)39(52)28-9-13-30(14-10-28)41(54)47-34-24-38(51(6)26-34)43(56)45-32-17-21-36(22-18-32)49(3)4/h7-26H,1-6H3,(H,44,55)(H,45,56)(H,46,53)(H,47,54). The second kappa shape index (κ2) is 16.3. The predicted molar refractivity (Wildman–Crippen MR) is 220 cm³/mol. The molecule has 0 aliphatic carbocycles. The molecule has 56 heavy (non-hydrogen) atoms. The van der Waals surface area contributed by atoms with Crippen LogP contribution in [0.3, 0.4) is 0 Å². The van der Waals surface area contributed by atoms with Crippen LogP contribution in [0.5, 0.6) is 0 Å². The van der Waals surface area contributed by atoms with Crippen molar-refractivity contribution >= 4 is 63.5 Å². The zero-order valence-electron chi connectivity index (χ0n) is 31.9. The highest BCUT2D eigenvalue weighted by atomic mass is 16.2. The van der Waals surface area contributed by atoms with Crippen LogP contribution in [0.2, 0.25) is 0 Å². The minimum absolute atomic E-state index is 0.283. The monoisotopic (exact) mass is 750 g/mol. The van der Waals surface area contributed by atoms with E-state index in [1.165, 1.54) is 0 Å². The Hall–Kier alpha value is -7.41. The average molecular weight is 751 g/mol. The summed E-state index contributed by atoms with van der Waals surface area (Å²) < 4.78 is 3.25. The van der Waals surface area contributed by atoms with Gasteiger partial charge < -0.3 is 40.2 Å². The number of nitrogens with one attached hydrogen (secondary N) is 4. The summed E-state index contributed by atoms with van der Waals surface area (Å²) in [7, 11) is 11.2. The summed E-state index contributed by atoms with van der Waals surface area (Å²) in [6.07, 6.45) is 3.29. The fourth-order valence-electron chi connectivity index (χ4n) is 5.91. The smallest absolute Gasteiger partial charge is 0.272 e. The lowest BCUT2D eigenvalue weighted by molar-refractivity contribution is 0.101. The molecule has 0 atom stereocenters. The van der Waals surface area contributed by atoms with Crippen molar-refractivity contribution in [1.82, 2.24) is 9.13 Å². The Morgan fingerprint density at radius 1 is 0.411 bits per heavy atom. The van der Waals surface area contributed by atoms with Gasteiger partial charge in [0, 0.05) is 99.7 Å². The van der Waals surface area contributed by atoms with Crippen LogP contribution in [-0.2, 0) is 14.1 Å². The summed E-state index contributed by atoms with van der Waals surface area (Å²) >= 11 is 0. The molecule has 0 aliphatic heterocycles. The van der Waals surface area contributed by atoms with Crippen LogP contribution in [0.25, 0.3) is 0 Å². The maximum atomic E-state index is 13.3. The number of ketones is 1. The lowest BCUT2D eigenvalue weighted by Gasteiger charge is -2.13. The van der Waals surface area contributed by atoms with Gasteiger partial charge in [-0.05, 0) is 84.9 Å². The van der Waals surface area contributed by atoms with Gasteiger partial charge >= 0.3 is 0 Å². The normalized spacial score (nSPS) is 10.7. The molecule has 0 bridgehead atoms. The predicted octanol–water partition coefficient (Wildman–Crippen LogP) is 6.74. The number of aryl methyl sites for hydroxylation is 2. The highest BCUT2D eigenvalue weighted by Crippen LogP contribution is 2.22. The average Bonchev–Trinajstić information content (AvgIpc) is 3.75. The highest BCUT2D eigenvalue weighted by Gasteiger charge is 2.18. The van der Waals surface area contributed by atoms with E-state index in [1.54, 1.807) is 96.3 Å². The molecule has 0 fully saturated rings. The number of amides is 4. The van der Waals surface area contributed by atoms with Gasteiger partial charge in [0.05, 0.1) is 11.4 Å². The Morgan fingerprint density at radius 2 is 0.714 bits per heavy atom. The summed E-state index contributed by atoms with van der Waals surface area (Å²) in [4.78, 5) is 69.2. The lowest BCUT2D eigenvalue weighted by Crippen LogP contribution is -2.15. The summed E-state index contributed by atoms with van der Waals surface area (Å²) in [5, 5.41) is 11.4. The summed E-state index contributed by atoms with van der Waals surface area (Å²) in [5.74, 6) is -1.74. The van der Waals surface area contributed by atoms with Crippen molar-refractivity contribution in [3.05, 3.63) is 155 Å². The van der Waals surface area contributed by atoms with Gasteiger partial charge in [-0.15, -0.1) is 0 Å². The Morgan fingerprint density at radius 3 is 1.04 bits per heavy atom. The summed E-state index contributed by atoms with van der Waals surface area (Å²) in [6, 6.07) is 30.5. The van der Waals surface area contributed by atoms with Crippen molar-refractivity contribution in [3.63, 3.8) is 0 Å². The number of hydrogen-bond donors (Lipinski definition) is 4. The van der Waals surface area contributed by atoms with Gasteiger partial charge in [0.25, 0.3) is 23.6 Å². The first kappa shape index (κ1) is 38.3. The molecule has 0 radical (unpaired) electrons. The minimum atomic E-state index is -0.405. The van der Waals surface area contributed by atoms with Crippen LogP contribution < -0.4 is 31.1 Å². The zero-order valence-corrected chi connectivity index (χ0v) is 31.9. The molecule has 0 unspecified atom stereocenters. The molecular formula is C43H42N8O5. The third-order valence-corrected chi connectivity index (χ3v) is 9.09. The number of carbonyl (C=O) groups excluding carboxylic acids is 5.